The fourth-order valence-corrected chi connectivity index (χ4v) is 2.61. The van der Waals surface area contributed by atoms with Gasteiger partial charge in [-0.15, -0.1) is 0 Å². The Morgan fingerprint density at radius 3 is 1.77 bits per heavy atom. The van der Waals surface area contributed by atoms with Crippen LogP contribution in [0.25, 0.3) is 0 Å². The predicted octanol–water partition coefficient (Wildman–Crippen LogP) is -5.17. The third-order valence-electron chi connectivity index (χ3n) is 3.99. The van der Waals surface area contributed by atoms with E-state index < -0.39 is 74.3 Å². The van der Waals surface area contributed by atoms with E-state index in [4.69, 9.17) is 19.7 Å². The molecule has 10 heteroatoms. The molecule has 2 heterocycles. The lowest BCUT2D eigenvalue weighted by Crippen LogP contribution is -2.65. The number of rotatable bonds is 3. The smallest absolute Gasteiger partial charge is 0.160 e. The lowest BCUT2D eigenvalue weighted by atomic mass is 9.86. The summed E-state index contributed by atoms with van der Waals surface area (Å²) in [5, 5.41) is 77.0. The fourth-order valence-electron chi connectivity index (χ4n) is 2.61. The predicted molar refractivity (Wildman–Crippen MR) is 67.0 cm³/mol. The van der Waals surface area contributed by atoms with Crippen molar-refractivity contribution >= 4 is 0 Å². The van der Waals surface area contributed by atoms with Gasteiger partial charge in [0.15, 0.2) is 6.10 Å². The molecule has 2 aliphatic heterocycles. The number of aliphatic hydroxyl groups excluding tert-OH is 8. The first-order valence-electron chi connectivity index (χ1n) is 6.82. The molecule has 0 aromatic carbocycles. The molecule has 2 saturated heterocycles. The average molecular weight is 325 g/mol. The summed E-state index contributed by atoms with van der Waals surface area (Å²) in [5.41, 5.74) is 0. The lowest BCUT2D eigenvalue weighted by molar-refractivity contribution is -0.269. The van der Waals surface area contributed by atoms with Crippen LogP contribution in [0.15, 0.2) is 0 Å². The Bertz CT molecular complexity index is 330. The van der Waals surface area contributed by atoms with Gasteiger partial charge in [-0.1, -0.05) is 0 Å². The summed E-state index contributed by atoms with van der Waals surface area (Å²) in [6.07, 6.45) is -14.3. The molecule has 0 bridgehead atoms. The van der Waals surface area contributed by atoms with E-state index in [2.05, 4.69) is 0 Å². The summed E-state index contributed by atoms with van der Waals surface area (Å²) in [5.74, 6) is 0. The molecule has 2 rings (SSSR count). The van der Waals surface area contributed by atoms with E-state index in [1.165, 1.54) is 0 Å². The van der Waals surface area contributed by atoms with Crippen LogP contribution in [0.2, 0.25) is 0 Å². The monoisotopic (exact) mass is 325 g/mol. The molecule has 10 nitrogen and oxygen atoms in total. The van der Waals surface area contributed by atoms with Gasteiger partial charge < -0.3 is 50.3 Å². The zero-order valence-electron chi connectivity index (χ0n) is 11.5. The van der Waals surface area contributed by atoms with Crippen LogP contribution in [0.1, 0.15) is 0 Å². The molecule has 8 N–H and O–H groups in total. The van der Waals surface area contributed by atoms with Crippen LogP contribution < -0.4 is 0 Å². The summed E-state index contributed by atoms with van der Waals surface area (Å²) in [7, 11) is 0. The van der Waals surface area contributed by atoms with E-state index in [-0.39, 0.29) is 0 Å². The maximum Gasteiger partial charge on any atom is 0.160 e. The first kappa shape index (κ1) is 17.9. The van der Waals surface area contributed by atoms with E-state index in [0.717, 1.165) is 0 Å². The second-order valence-corrected chi connectivity index (χ2v) is 5.42. The Balaban J connectivity index is 2.21. The third kappa shape index (κ3) is 2.99. The highest BCUT2D eigenvalue weighted by molar-refractivity contribution is 5.11. The first-order chi connectivity index (χ1) is 10.3. The Morgan fingerprint density at radius 1 is 0.682 bits per heavy atom. The molecule has 0 amide bonds. The van der Waals surface area contributed by atoms with Gasteiger partial charge in [0.2, 0.25) is 0 Å². The van der Waals surface area contributed by atoms with Gasteiger partial charge in [0, 0.05) is 0 Å². The molecule has 1 unspecified atom stereocenters. The Kier molecular flexibility index (Phi) is 5.72. The van der Waals surface area contributed by atoms with Gasteiger partial charge in [0.25, 0.3) is 0 Å². The second kappa shape index (κ2) is 7.01. The summed E-state index contributed by atoms with van der Waals surface area (Å²) in [6, 6.07) is 0. The third-order valence-corrected chi connectivity index (χ3v) is 3.99. The minimum atomic E-state index is -1.75. The topological polar surface area (TPSA) is 180 Å². The standard InChI is InChI=1S/C12H21O10/c13-1-3-5(15)7(17)9(19)11(21-3)12-10(20)8(18)6(16)4(2-14)22-12/h3-11,13-20H,1-2H2/t3-,4-,5-,6-,7+,8+,9+,10-,11?/m1/s1. The molecule has 9 atom stereocenters. The summed E-state index contributed by atoms with van der Waals surface area (Å²) >= 11 is 0. The maximum absolute atomic E-state index is 9.97. The van der Waals surface area contributed by atoms with Gasteiger partial charge in [-0.2, -0.15) is 0 Å². The Hall–Kier alpha value is -0.400. The van der Waals surface area contributed by atoms with E-state index >= 15 is 0 Å². The molecule has 0 spiro atoms. The van der Waals surface area contributed by atoms with Crippen LogP contribution in [0, 0.1) is 6.10 Å². The van der Waals surface area contributed by atoms with Crippen molar-refractivity contribution in [3.63, 3.8) is 0 Å². The minimum Gasteiger partial charge on any atom is -0.394 e. The quantitative estimate of drug-likeness (QED) is 0.250. The summed E-state index contributed by atoms with van der Waals surface area (Å²) < 4.78 is 10.4. The van der Waals surface area contributed by atoms with Crippen molar-refractivity contribution < 1.29 is 50.3 Å². The summed E-state index contributed by atoms with van der Waals surface area (Å²) in [4.78, 5) is 0. The summed E-state index contributed by atoms with van der Waals surface area (Å²) in [6.45, 7) is -1.34. The Morgan fingerprint density at radius 2 is 1.23 bits per heavy atom. The molecule has 0 saturated carbocycles. The number of ether oxygens (including phenoxy) is 2. The molecule has 22 heavy (non-hydrogen) atoms. The van der Waals surface area contributed by atoms with Gasteiger partial charge in [0.05, 0.1) is 13.2 Å². The number of aliphatic hydroxyl groups is 8. The van der Waals surface area contributed by atoms with Crippen LogP contribution in [-0.4, -0.2) is 109 Å². The molecule has 2 aliphatic rings. The highest BCUT2D eigenvalue weighted by Crippen LogP contribution is 2.35. The van der Waals surface area contributed by atoms with Crippen molar-refractivity contribution in [1.82, 2.24) is 0 Å². The van der Waals surface area contributed by atoms with Crippen LogP contribution in [0.5, 0.6) is 0 Å². The molecule has 129 valence electrons. The van der Waals surface area contributed by atoms with Crippen molar-refractivity contribution in [3.05, 3.63) is 6.10 Å². The van der Waals surface area contributed by atoms with E-state index in [0.29, 0.717) is 0 Å². The number of hydrogen-bond donors (Lipinski definition) is 8. The lowest BCUT2D eigenvalue weighted by Gasteiger charge is -2.47. The molecule has 0 aliphatic carbocycles. The molecular weight excluding hydrogens is 304 g/mol. The SMILES string of the molecule is OC[C@H]1OC([C]2O[C@H](CO)[C@@H](O)[C@H](O)[C@H]2O)[C@@H](O)[C@@H](O)[C@@H]1O. The van der Waals surface area contributed by atoms with Crippen LogP contribution in [-0.2, 0) is 9.47 Å². The number of hydrogen-bond acceptors (Lipinski definition) is 10. The van der Waals surface area contributed by atoms with Crippen LogP contribution in [0.4, 0.5) is 0 Å². The highest BCUT2D eigenvalue weighted by Gasteiger charge is 2.54. The minimum absolute atomic E-state index is 0.409. The maximum atomic E-state index is 9.97. The van der Waals surface area contributed by atoms with Gasteiger partial charge in [0.1, 0.15) is 54.9 Å². The molecule has 2 fully saturated rings. The first-order valence-corrected chi connectivity index (χ1v) is 6.82. The molecule has 0 aromatic rings. The van der Waals surface area contributed by atoms with Gasteiger partial charge in [-0.25, -0.2) is 0 Å². The highest BCUT2D eigenvalue weighted by atomic mass is 16.6. The zero-order valence-corrected chi connectivity index (χ0v) is 11.5. The largest absolute Gasteiger partial charge is 0.394 e. The van der Waals surface area contributed by atoms with Crippen LogP contribution >= 0.6 is 0 Å². The Labute approximate surface area is 125 Å². The van der Waals surface area contributed by atoms with Gasteiger partial charge in [-0.05, 0) is 0 Å². The van der Waals surface area contributed by atoms with E-state index in [1.54, 1.807) is 0 Å². The van der Waals surface area contributed by atoms with Crippen molar-refractivity contribution in [2.45, 2.75) is 54.9 Å². The normalized spacial score (nSPS) is 51.0. The van der Waals surface area contributed by atoms with E-state index in [9.17, 15) is 30.6 Å². The van der Waals surface area contributed by atoms with Crippen molar-refractivity contribution in [2.75, 3.05) is 13.2 Å². The van der Waals surface area contributed by atoms with Gasteiger partial charge >= 0.3 is 0 Å². The fraction of sp³-hybridized carbons (Fsp3) is 0.917. The molecular formula is C12H21O10. The van der Waals surface area contributed by atoms with Crippen molar-refractivity contribution in [2.24, 2.45) is 0 Å². The van der Waals surface area contributed by atoms with Crippen molar-refractivity contribution in [3.8, 4) is 0 Å². The second-order valence-electron chi connectivity index (χ2n) is 5.42. The molecule has 0 aromatic heterocycles. The molecule has 1 radical (unpaired) electrons. The van der Waals surface area contributed by atoms with Gasteiger partial charge in [-0.3, -0.25) is 0 Å². The van der Waals surface area contributed by atoms with Crippen LogP contribution in [0.3, 0.4) is 0 Å². The van der Waals surface area contributed by atoms with E-state index in [1.807, 2.05) is 0 Å². The zero-order chi connectivity index (χ0) is 16.6. The average Bonchev–Trinajstić information content (AvgIpc) is 2.52. The van der Waals surface area contributed by atoms with Crippen molar-refractivity contribution in [1.29, 1.82) is 0 Å².